The van der Waals surface area contributed by atoms with E-state index in [9.17, 15) is 9.59 Å². The van der Waals surface area contributed by atoms with Crippen LogP contribution in [-0.2, 0) is 4.79 Å². The zero-order chi connectivity index (χ0) is 21.5. The van der Waals surface area contributed by atoms with E-state index in [0.717, 1.165) is 42.9 Å². The van der Waals surface area contributed by atoms with Gasteiger partial charge in [-0.1, -0.05) is 6.08 Å². The number of carbonyl (C=O) groups excluding carboxylic acids is 1. The van der Waals surface area contributed by atoms with Gasteiger partial charge in [0.15, 0.2) is 0 Å². The van der Waals surface area contributed by atoms with Crippen LogP contribution in [0, 0.1) is 0 Å². The molecule has 8 nitrogen and oxygen atoms in total. The SMILES string of the molecule is CNc1cc(-c2c[nH]c(=O)c(N[C@H]3CCCN(C(=O)/C=C/CN(C)C)C3)c2)ccn1. The van der Waals surface area contributed by atoms with Gasteiger partial charge in [-0.2, -0.15) is 0 Å². The Labute approximate surface area is 177 Å². The van der Waals surface area contributed by atoms with Gasteiger partial charge in [-0.15, -0.1) is 0 Å². The van der Waals surface area contributed by atoms with Crippen molar-refractivity contribution >= 4 is 17.4 Å². The molecule has 0 saturated carbocycles. The predicted molar refractivity (Wildman–Crippen MR) is 121 cm³/mol. The number of piperidine rings is 1. The van der Waals surface area contributed by atoms with Crippen LogP contribution < -0.4 is 16.2 Å². The minimum absolute atomic E-state index is 0.0161. The van der Waals surface area contributed by atoms with Crippen LogP contribution >= 0.6 is 0 Å². The summed E-state index contributed by atoms with van der Waals surface area (Å²) in [7, 11) is 5.75. The second-order valence-electron chi connectivity index (χ2n) is 7.74. The van der Waals surface area contributed by atoms with E-state index in [4.69, 9.17) is 0 Å². The lowest BCUT2D eigenvalue weighted by Crippen LogP contribution is -2.45. The van der Waals surface area contributed by atoms with Crippen LogP contribution in [0.5, 0.6) is 0 Å². The Kier molecular flexibility index (Phi) is 7.24. The van der Waals surface area contributed by atoms with Gasteiger partial charge in [0.05, 0.1) is 0 Å². The molecule has 3 heterocycles. The van der Waals surface area contributed by atoms with Gasteiger partial charge in [0.1, 0.15) is 11.5 Å². The molecule has 0 aliphatic carbocycles. The van der Waals surface area contributed by atoms with E-state index >= 15 is 0 Å². The van der Waals surface area contributed by atoms with Crippen molar-refractivity contribution in [3.8, 4) is 11.1 Å². The van der Waals surface area contributed by atoms with Crippen LogP contribution in [-0.4, -0.2) is 72.5 Å². The number of likely N-dealkylation sites (tertiary alicyclic amines) is 1. The summed E-state index contributed by atoms with van der Waals surface area (Å²) in [5.41, 5.74) is 2.19. The first-order valence-electron chi connectivity index (χ1n) is 10.2. The number of H-pyrrole nitrogens is 1. The van der Waals surface area contributed by atoms with Crippen molar-refractivity contribution in [2.75, 3.05) is 51.4 Å². The zero-order valence-corrected chi connectivity index (χ0v) is 17.8. The third-order valence-electron chi connectivity index (χ3n) is 5.08. The molecule has 3 rings (SSSR count). The third kappa shape index (κ3) is 5.70. The molecule has 30 heavy (non-hydrogen) atoms. The molecule has 1 aliphatic heterocycles. The molecule has 0 unspecified atom stereocenters. The second-order valence-corrected chi connectivity index (χ2v) is 7.74. The van der Waals surface area contributed by atoms with E-state index in [0.29, 0.717) is 12.2 Å². The standard InChI is InChI=1S/C22H30N6O2/c1-23-20-13-16(8-9-24-20)17-12-19(22(30)25-14-17)26-18-6-4-11-28(15-18)21(29)7-5-10-27(2)3/h5,7-9,12-14,18,26H,4,6,10-11,15H2,1-3H3,(H,23,24)(H,25,30)/b7-5+/t18-/m0/s1. The molecule has 1 atom stereocenters. The number of pyridine rings is 2. The Bertz CT molecular complexity index is 953. The molecule has 2 aromatic rings. The number of aromatic nitrogens is 2. The van der Waals surface area contributed by atoms with Crippen LogP contribution in [0.1, 0.15) is 12.8 Å². The van der Waals surface area contributed by atoms with Crippen LogP contribution in [0.4, 0.5) is 11.5 Å². The Hall–Kier alpha value is -3.13. The molecule has 1 aliphatic rings. The summed E-state index contributed by atoms with van der Waals surface area (Å²) in [6, 6.07) is 5.72. The number of hydrogen-bond donors (Lipinski definition) is 3. The number of aromatic amines is 1. The lowest BCUT2D eigenvalue weighted by Gasteiger charge is -2.33. The van der Waals surface area contributed by atoms with Crippen LogP contribution in [0.25, 0.3) is 11.1 Å². The summed E-state index contributed by atoms with van der Waals surface area (Å²) in [6.45, 7) is 2.05. The number of nitrogens with one attached hydrogen (secondary N) is 3. The molecule has 1 saturated heterocycles. The molecule has 0 radical (unpaired) electrons. The molecular formula is C22H30N6O2. The van der Waals surface area contributed by atoms with Gasteiger partial charge in [0.25, 0.3) is 5.56 Å². The first kappa shape index (κ1) is 21.6. The highest BCUT2D eigenvalue weighted by atomic mass is 16.2. The Morgan fingerprint density at radius 2 is 2.20 bits per heavy atom. The molecule has 0 aromatic carbocycles. The number of carbonyl (C=O) groups is 1. The third-order valence-corrected chi connectivity index (χ3v) is 5.08. The largest absolute Gasteiger partial charge is 0.376 e. The van der Waals surface area contributed by atoms with Crippen molar-refractivity contribution in [3.05, 3.63) is 53.1 Å². The fourth-order valence-electron chi connectivity index (χ4n) is 3.49. The summed E-state index contributed by atoms with van der Waals surface area (Å²) in [6.07, 6.45) is 8.76. The maximum atomic E-state index is 12.5. The molecule has 0 bridgehead atoms. The van der Waals surface area contributed by atoms with Gasteiger partial charge in [-0.25, -0.2) is 4.98 Å². The molecule has 8 heteroatoms. The number of nitrogens with zero attached hydrogens (tertiary/aromatic N) is 3. The number of rotatable bonds is 7. The minimum Gasteiger partial charge on any atom is -0.376 e. The summed E-state index contributed by atoms with van der Waals surface area (Å²) in [4.78, 5) is 35.7. The Morgan fingerprint density at radius 3 is 2.97 bits per heavy atom. The lowest BCUT2D eigenvalue weighted by molar-refractivity contribution is -0.127. The monoisotopic (exact) mass is 410 g/mol. The van der Waals surface area contributed by atoms with E-state index < -0.39 is 0 Å². The summed E-state index contributed by atoms with van der Waals surface area (Å²) >= 11 is 0. The van der Waals surface area contributed by atoms with Gasteiger partial charge >= 0.3 is 0 Å². The molecule has 3 N–H and O–H groups in total. The quantitative estimate of drug-likeness (QED) is 0.605. The van der Waals surface area contributed by atoms with Crippen LogP contribution in [0.2, 0.25) is 0 Å². The molecule has 160 valence electrons. The van der Waals surface area contributed by atoms with Crippen molar-refractivity contribution in [3.63, 3.8) is 0 Å². The number of likely N-dealkylation sites (N-methyl/N-ethyl adjacent to an activating group) is 1. The topological polar surface area (TPSA) is 93.4 Å². The highest BCUT2D eigenvalue weighted by Gasteiger charge is 2.23. The lowest BCUT2D eigenvalue weighted by atomic mass is 10.0. The second kappa shape index (κ2) is 10.1. The first-order chi connectivity index (χ1) is 14.5. The van der Waals surface area contributed by atoms with E-state index in [1.807, 2.05) is 55.2 Å². The normalized spacial score (nSPS) is 16.8. The highest BCUT2D eigenvalue weighted by Crippen LogP contribution is 2.22. The summed E-state index contributed by atoms with van der Waals surface area (Å²) in [5, 5.41) is 6.37. The van der Waals surface area contributed by atoms with Gasteiger partial charge in [0, 0.05) is 56.8 Å². The average Bonchev–Trinajstić information content (AvgIpc) is 2.75. The fraction of sp³-hybridized carbons (Fsp3) is 0.409. The van der Waals surface area contributed by atoms with E-state index in [1.165, 1.54) is 0 Å². The van der Waals surface area contributed by atoms with Gasteiger partial charge < -0.3 is 25.4 Å². The van der Waals surface area contributed by atoms with Crippen LogP contribution in [0.3, 0.4) is 0 Å². The first-order valence-corrected chi connectivity index (χ1v) is 10.2. The van der Waals surface area contributed by atoms with E-state index in [2.05, 4.69) is 20.6 Å². The maximum Gasteiger partial charge on any atom is 0.271 e. The molecule has 1 fully saturated rings. The van der Waals surface area contributed by atoms with Gasteiger partial charge in [-0.05, 0) is 50.7 Å². The van der Waals surface area contributed by atoms with Crippen molar-refractivity contribution in [1.82, 2.24) is 19.8 Å². The molecule has 2 aromatic heterocycles. The van der Waals surface area contributed by atoms with Gasteiger partial charge in [-0.3, -0.25) is 9.59 Å². The van der Waals surface area contributed by atoms with Crippen molar-refractivity contribution in [2.45, 2.75) is 18.9 Å². The smallest absolute Gasteiger partial charge is 0.271 e. The van der Waals surface area contributed by atoms with Crippen molar-refractivity contribution < 1.29 is 4.79 Å². The highest BCUT2D eigenvalue weighted by molar-refractivity contribution is 5.87. The Morgan fingerprint density at radius 1 is 1.37 bits per heavy atom. The number of hydrogen-bond acceptors (Lipinski definition) is 6. The Balaban J connectivity index is 1.70. The van der Waals surface area contributed by atoms with E-state index in [1.54, 1.807) is 18.5 Å². The predicted octanol–water partition coefficient (Wildman–Crippen LogP) is 2.00. The van der Waals surface area contributed by atoms with Crippen LogP contribution in [0.15, 0.2) is 47.5 Å². The maximum absolute atomic E-state index is 12.5. The average molecular weight is 411 g/mol. The summed E-state index contributed by atoms with van der Waals surface area (Å²) in [5.74, 6) is 0.777. The van der Waals surface area contributed by atoms with Crippen molar-refractivity contribution in [2.24, 2.45) is 0 Å². The van der Waals surface area contributed by atoms with Crippen molar-refractivity contribution in [1.29, 1.82) is 0 Å². The number of anilines is 2. The summed E-state index contributed by atoms with van der Waals surface area (Å²) < 4.78 is 0. The fourth-order valence-corrected chi connectivity index (χ4v) is 3.49. The molecule has 1 amide bonds. The minimum atomic E-state index is -0.170. The van der Waals surface area contributed by atoms with Gasteiger partial charge in [0.2, 0.25) is 5.91 Å². The number of amides is 1. The van der Waals surface area contributed by atoms with E-state index in [-0.39, 0.29) is 17.5 Å². The zero-order valence-electron chi connectivity index (χ0n) is 17.8. The molecular weight excluding hydrogens is 380 g/mol. The molecule has 0 spiro atoms.